The minimum Gasteiger partial charge on any atom is -0.326 e. The molecule has 2 heterocycles. The predicted molar refractivity (Wildman–Crippen MR) is 118 cm³/mol. The number of hydrogen-bond donors (Lipinski definition) is 2. The molecule has 4 rings (SSSR count). The van der Waals surface area contributed by atoms with Gasteiger partial charge in [0.05, 0.1) is 20.9 Å². The summed E-state index contributed by atoms with van der Waals surface area (Å²) in [5.41, 5.74) is 3.41. The molecule has 0 unspecified atom stereocenters. The van der Waals surface area contributed by atoms with E-state index in [1.54, 1.807) is 11.3 Å². The van der Waals surface area contributed by atoms with Gasteiger partial charge in [0.25, 0.3) is 0 Å². The maximum Gasteiger partial charge on any atom is 0.226 e. The van der Waals surface area contributed by atoms with Crippen LogP contribution in [-0.4, -0.2) is 21.8 Å². The van der Waals surface area contributed by atoms with Crippen LogP contribution in [0.15, 0.2) is 53.9 Å². The van der Waals surface area contributed by atoms with Gasteiger partial charge in [0.2, 0.25) is 11.8 Å². The normalized spacial score (nSPS) is 10.8. The number of aromatic nitrogens is 2. The van der Waals surface area contributed by atoms with Crippen LogP contribution in [-0.2, 0) is 16.0 Å². The highest BCUT2D eigenvalue weighted by molar-refractivity contribution is 7.18. The lowest BCUT2D eigenvalue weighted by atomic mass is 10.1. The van der Waals surface area contributed by atoms with Crippen LogP contribution in [0.25, 0.3) is 21.5 Å². The van der Waals surface area contributed by atoms with Gasteiger partial charge >= 0.3 is 0 Å². The second-order valence-corrected chi connectivity index (χ2v) is 8.39. The summed E-state index contributed by atoms with van der Waals surface area (Å²) in [6.07, 6.45) is 0.966. The number of nitrogens with zero attached hydrogens (tertiary/aromatic N) is 2. The summed E-state index contributed by atoms with van der Waals surface area (Å²) in [4.78, 5) is 32.4. The van der Waals surface area contributed by atoms with Crippen molar-refractivity contribution >= 4 is 55.5 Å². The number of nitrogens with one attached hydrogen (secondary N) is 2. The average Bonchev–Trinajstić information content (AvgIpc) is 3.33. The molecular formula is C21H18N4O2S2. The lowest BCUT2D eigenvalue weighted by Gasteiger charge is -2.03. The van der Waals surface area contributed by atoms with Crippen LogP contribution in [0.2, 0.25) is 0 Å². The Morgan fingerprint density at radius 2 is 1.79 bits per heavy atom. The van der Waals surface area contributed by atoms with Crippen molar-refractivity contribution in [2.45, 2.75) is 19.8 Å². The Balaban J connectivity index is 1.34. The van der Waals surface area contributed by atoms with E-state index < -0.39 is 0 Å². The molecule has 146 valence electrons. The van der Waals surface area contributed by atoms with E-state index in [4.69, 9.17) is 0 Å². The maximum absolute atomic E-state index is 12.3. The highest BCUT2D eigenvalue weighted by Gasteiger charge is 2.10. The first-order valence-electron chi connectivity index (χ1n) is 9.05. The molecule has 29 heavy (non-hydrogen) atoms. The van der Waals surface area contributed by atoms with E-state index in [1.807, 2.05) is 53.9 Å². The van der Waals surface area contributed by atoms with E-state index in [0.717, 1.165) is 32.2 Å². The summed E-state index contributed by atoms with van der Waals surface area (Å²) in [6, 6.07) is 15.4. The molecule has 8 heteroatoms. The van der Waals surface area contributed by atoms with Crippen LogP contribution in [0.3, 0.4) is 0 Å². The third-order valence-corrected chi connectivity index (χ3v) is 6.01. The molecular weight excluding hydrogens is 404 g/mol. The number of para-hydroxylation sites is 1. The summed E-state index contributed by atoms with van der Waals surface area (Å²) in [6.45, 7) is 1.47. The lowest BCUT2D eigenvalue weighted by Crippen LogP contribution is -2.12. The average molecular weight is 423 g/mol. The van der Waals surface area contributed by atoms with Crippen molar-refractivity contribution in [2.75, 3.05) is 10.6 Å². The van der Waals surface area contributed by atoms with Gasteiger partial charge in [-0.3, -0.25) is 9.59 Å². The van der Waals surface area contributed by atoms with Gasteiger partial charge < -0.3 is 10.6 Å². The quantitative estimate of drug-likeness (QED) is 0.460. The van der Waals surface area contributed by atoms with Gasteiger partial charge in [-0.15, -0.1) is 22.7 Å². The molecule has 0 aliphatic heterocycles. The number of amides is 2. The molecule has 0 radical (unpaired) electrons. The van der Waals surface area contributed by atoms with Crippen molar-refractivity contribution in [1.82, 2.24) is 9.97 Å². The first-order valence-corrected chi connectivity index (χ1v) is 10.7. The van der Waals surface area contributed by atoms with Gasteiger partial charge in [-0.2, -0.15) is 0 Å². The number of thiazole rings is 2. The highest BCUT2D eigenvalue weighted by atomic mass is 32.1. The smallest absolute Gasteiger partial charge is 0.226 e. The number of carbonyl (C=O) groups is 2. The van der Waals surface area contributed by atoms with Gasteiger partial charge in [0, 0.05) is 36.4 Å². The molecule has 0 fully saturated rings. The molecule has 4 aromatic rings. The maximum atomic E-state index is 12.3. The minimum absolute atomic E-state index is 0.0776. The van der Waals surface area contributed by atoms with Crippen LogP contribution in [0.5, 0.6) is 0 Å². The number of hydrogen-bond acceptors (Lipinski definition) is 6. The lowest BCUT2D eigenvalue weighted by molar-refractivity contribution is -0.116. The summed E-state index contributed by atoms with van der Waals surface area (Å²) in [5.74, 6) is -0.187. The fraction of sp³-hybridized carbons (Fsp3) is 0.143. The van der Waals surface area contributed by atoms with Gasteiger partial charge in [-0.1, -0.05) is 24.3 Å². The number of aryl methyl sites for hydroxylation is 1. The van der Waals surface area contributed by atoms with Crippen LogP contribution in [0, 0.1) is 0 Å². The standard InChI is InChI=1S/C21H18N4O2S2/c1-13(26)22-15-8-6-14(7-9-15)17-12-28-21(24-17)25-19(27)10-11-20-23-16-4-2-3-5-18(16)29-20/h2-9,12H,10-11H2,1H3,(H,22,26)(H,24,25,27). The van der Waals surface area contributed by atoms with Crippen molar-refractivity contribution in [3.05, 3.63) is 58.9 Å². The van der Waals surface area contributed by atoms with Gasteiger partial charge in [-0.25, -0.2) is 9.97 Å². The molecule has 0 saturated carbocycles. The van der Waals surface area contributed by atoms with Crippen LogP contribution in [0.4, 0.5) is 10.8 Å². The molecule has 0 spiro atoms. The topological polar surface area (TPSA) is 84.0 Å². The predicted octanol–water partition coefficient (Wildman–Crippen LogP) is 4.95. The zero-order valence-corrected chi connectivity index (χ0v) is 17.3. The van der Waals surface area contributed by atoms with E-state index in [1.165, 1.54) is 18.3 Å². The summed E-state index contributed by atoms with van der Waals surface area (Å²) >= 11 is 3.01. The largest absolute Gasteiger partial charge is 0.326 e. The number of rotatable bonds is 6. The van der Waals surface area contributed by atoms with E-state index >= 15 is 0 Å². The Bertz CT molecular complexity index is 1130. The zero-order valence-electron chi connectivity index (χ0n) is 15.6. The van der Waals surface area contributed by atoms with E-state index in [-0.39, 0.29) is 11.8 Å². The van der Waals surface area contributed by atoms with E-state index in [9.17, 15) is 9.59 Å². The highest BCUT2D eigenvalue weighted by Crippen LogP contribution is 2.26. The molecule has 0 aliphatic carbocycles. The van der Waals surface area contributed by atoms with Crippen molar-refractivity contribution in [3.8, 4) is 11.3 Å². The molecule has 2 aromatic carbocycles. The monoisotopic (exact) mass is 422 g/mol. The summed E-state index contributed by atoms with van der Waals surface area (Å²) in [5, 5.41) is 9.02. The molecule has 2 amide bonds. The molecule has 6 nitrogen and oxygen atoms in total. The third-order valence-electron chi connectivity index (χ3n) is 4.16. The van der Waals surface area contributed by atoms with Crippen LogP contribution in [0.1, 0.15) is 18.4 Å². The second-order valence-electron chi connectivity index (χ2n) is 6.42. The van der Waals surface area contributed by atoms with Gasteiger partial charge in [0.15, 0.2) is 5.13 Å². The number of fused-ring (bicyclic) bond motifs is 1. The first-order chi connectivity index (χ1) is 14.1. The SMILES string of the molecule is CC(=O)Nc1ccc(-c2csc(NC(=O)CCc3nc4ccccc4s3)n2)cc1. The molecule has 0 aliphatic rings. The molecule has 2 N–H and O–H groups in total. The first kappa shape index (κ1) is 19.2. The Kier molecular flexibility index (Phi) is 5.64. The molecule has 0 atom stereocenters. The molecule has 0 saturated heterocycles. The van der Waals surface area contributed by atoms with Crippen LogP contribution < -0.4 is 10.6 Å². The van der Waals surface area contributed by atoms with Gasteiger partial charge in [-0.05, 0) is 24.3 Å². The van der Waals surface area contributed by atoms with Crippen molar-refractivity contribution in [3.63, 3.8) is 0 Å². The third kappa shape index (κ3) is 4.85. The van der Waals surface area contributed by atoms with Crippen molar-refractivity contribution < 1.29 is 9.59 Å². The fourth-order valence-corrected chi connectivity index (χ4v) is 4.52. The Hall–Kier alpha value is -3.10. The number of anilines is 2. The fourth-order valence-electron chi connectivity index (χ4n) is 2.82. The van der Waals surface area contributed by atoms with Crippen molar-refractivity contribution in [1.29, 1.82) is 0 Å². The van der Waals surface area contributed by atoms with Gasteiger partial charge in [0.1, 0.15) is 0 Å². The van der Waals surface area contributed by atoms with Crippen molar-refractivity contribution in [2.24, 2.45) is 0 Å². The number of carbonyl (C=O) groups excluding carboxylic acids is 2. The second kappa shape index (κ2) is 8.50. The van der Waals surface area contributed by atoms with Crippen LogP contribution >= 0.6 is 22.7 Å². The van der Waals surface area contributed by atoms with E-state index in [2.05, 4.69) is 20.6 Å². The molecule has 0 bridgehead atoms. The Labute approximate surface area is 175 Å². The Morgan fingerprint density at radius 3 is 2.55 bits per heavy atom. The van der Waals surface area contributed by atoms with E-state index in [0.29, 0.717) is 18.0 Å². The minimum atomic E-state index is -0.109. The Morgan fingerprint density at radius 1 is 1.00 bits per heavy atom. The summed E-state index contributed by atoms with van der Waals surface area (Å²) in [7, 11) is 0. The molecule has 2 aromatic heterocycles. The summed E-state index contributed by atoms with van der Waals surface area (Å²) < 4.78 is 1.14. The zero-order chi connectivity index (χ0) is 20.2. The number of benzene rings is 2.